The summed E-state index contributed by atoms with van der Waals surface area (Å²) in [5.74, 6) is -0.392. The van der Waals surface area contributed by atoms with Crippen LogP contribution in [0.5, 0.6) is 0 Å². The molecule has 1 aliphatic carbocycles. The molecule has 0 fully saturated rings. The summed E-state index contributed by atoms with van der Waals surface area (Å²) in [5, 5.41) is 10.5. The predicted octanol–water partition coefficient (Wildman–Crippen LogP) is 3.35. The van der Waals surface area contributed by atoms with Crippen LogP contribution in [0.25, 0.3) is 5.57 Å². The van der Waals surface area contributed by atoms with E-state index >= 15 is 0 Å². The van der Waals surface area contributed by atoms with Crippen molar-refractivity contribution < 1.29 is 14.6 Å². The Bertz CT molecular complexity index is 567. The van der Waals surface area contributed by atoms with Crippen LogP contribution < -0.4 is 0 Å². The topological polar surface area (TPSA) is 46.5 Å². The Balaban J connectivity index is 2.35. The minimum absolute atomic E-state index is 0.337. The summed E-state index contributed by atoms with van der Waals surface area (Å²) in [4.78, 5) is 11.7. The number of rotatable bonds is 3. The fraction of sp³-hybridized carbons (Fsp3) is 0.389. The molecule has 0 aliphatic heterocycles. The Kier molecular flexibility index (Phi) is 4.63. The predicted molar refractivity (Wildman–Crippen MR) is 83.5 cm³/mol. The van der Waals surface area contributed by atoms with Gasteiger partial charge in [0.15, 0.2) is 0 Å². The SMILES string of the molecule is CCOC(=O)/C=C1\CC(c2ccccc2)=CC(C)(C)C1O. The lowest BCUT2D eigenvalue weighted by Crippen LogP contribution is -2.33. The normalized spacial score (nSPS) is 22.8. The molecule has 1 aromatic rings. The number of carbonyl (C=O) groups excluding carboxylic acids is 1. The van der Waals surface area contributed by atoms with Crippen molar-refractivity contribution in [3.8, 4) is 0 Å². The molecule has 1 atom stereocenters. The summed E-state index contributed by atoms with van der Waals surface area (Å²) in [7, 11) is 0. The first-order chi connectivity index (χ1) is 9.94. The molecule has 1 aromatic carbocycles. The Morgan fingerprint density at radius 2 is 2.05 bits per heavy atom. The lowest BCUT2D eigenvalue weighted by Gasteiger charge is -2.35. The highest BCUT2D eigenvalue weighted by atomic mass is 16.5. The lowest BCUT2D eigenvalue weighted by molar-refractivity contribution is -0.137. The van der Waals surface area contributed by atoms with Crippen LogP contribution in [0.3, 0.4) is 0 Å². The van der Waals surface area contributed by atoms with Gasteiger partial charge in [-0.15, -0.1) is 0 Å². The third-order valence-electron chi connectivity index (χ3n) is 3.73. The molecule has 0 spiro atoms. The molecule has 3 heteroatoms. The number of carbonyl (C=O) groups is 1. The molecular weight excluding hydrogens is 264 g/mol. The number of benzene rings is 1. The van der Waals surface area contributed by atoms with Crippen LogP contribution in [0.1, 0.15) is 32.8 Å². The van der Waals surface area contributed by atoms with Crippen molar-refractivity contribution >= 4 is 11.5 Å². The second-order valence-corrected chi connectivity index (χ2v) is 5.91. The molecule has 3 nitrogen and oxygen atoms in total. The molecule has 21 heavy (non-hydrogen) atoms. The van der Waals surface area contributed by atoms with Crippen LogP contribution in [0, 0.1) is 5.41 Å². The highest BCUT2D eigenvalue weighted by Gasteiger charge is 2.34. The summed E-state index contributed by atoms with van der Waals surface area (Å²) in [6.07, 6.45) is 3.42. The van der Waals surface area contributed by atoms with E-state index in [9.17, 15) is 9.90 Å². The van der Waals surface area contributed by atoms with Gasteiger partial charge in [-0.1, -0.05) is 50.3 Å². The molecular formula is C18H22O3. The smallest absolute Gasteiger partial charge is 0.330 e. The first kappa shape index (κ1) is 15.5. The second kappa shape index (κ2) is 6.27. The summed E-state index contributed by atoms with van der Waals surface area (Å²) >= 11 is 0. The highest BCUT2D eigenvalue weighted by molar-refractivity contribution is 5.84. The van der Waals surface area contributed by atoms with Crippen molar-refractivity contribution in [3.05, 3.63) is 53.6 Å². The molecule has 0 aromatic heterocycles. The number of aliphatic hydroxyl groups excluding tert-OH is 1. The van der Waals surface area contributed by atoms with Gasteiger partial charge in [0, 0.05) is 11.5 Å². The minimum Gasteiger partial charge on any atom is -0.463 e. The maximum absolute atomic E-state index is 11.7. The maximum Gasteiger partial charge on any atom is 0.330 e. The average molecular weight is 286 g/mol. The van der Waals surface area contributed by atoms with Gasteiger partial charge >= 0.3 is 5.97 Å². The maximum atomic E-state index is 11.7. The van der Waals surface area contributed by atoms with Crippen molar-refractivity contribution in [2.75, 3.05) is 6.61 Å². The number of allylic oxidation sites excluding steroid dienone is 1. The monoisotopic (exact) mass is 286 g/mol. The standard InChI is InChI=1S/C18H22O3/c1-4-21-16(19)11-14-10-15(12-18(2,3)17(14)20)13-8-6-5-7-9-13/h5-9,11-12,17,20H,4,10H2,1-3H3/b14-11+. The van der Waals surface area contributed by atoms with Gasteiger partial charge in [-0.25, -0.2) is 4.79 Å². The van der Waals surface area contributed by atoms with Crippen LogP contribution in [0.2, 0.25) is 0 Å². The van der Waals surface area contributed by atoms with Crippen LogP contribution in [0.15, 0.2) is 48.1 Å². The summed E-state index contributed by atoms with van der Waals surface area (Å²) in [6.45, 7) is 6.05. The van der Waals surface area contributed by atoms with Gasteiger partial charge in [0.1, 0.15) is 0 Å². The van der Waals surface area contributed by atoms with Crippen molar-refractivity contribution in [1.82, 2.24) is 0 Å². The van der Waals surface area contributed by atoms with Crippen molar-refractivity contribution in [2.24, 2.45) is 5.41 Å². The molecule has 0 saturated carbocycles. The van der Waals surface area contributed by atoms with Gasteiger partial charge in [0.05, 0.1) is 12.7 Å². The number of ether oxygens (including phenoxy) is 1. The van der Waals surface area contributed by atoms with Crippen molar-refractivity contribution in [2.45, 2.75) is 33.3 Å². The Morgan fingerprint density at radius 1 is 1.38 bits per heavy atom. The Labute approximate surface area is 125 Å². The summed E-state index contributed by atoms with van der Waals surface area (Å²) in [5.41, 5.74) is 2.54. The minimum atomic E-state index is -0.672. The molecule has 0 radical (unpaired) electrons. The van der Waals surface area contributed by atoms with E-state index in [1.807, 2.05) is 44.2 Å². The summed E-state index contributed by atoms with van der Waals surface area (Å²) in [6, 6.07) is 10.0. The molecule has 1 aliphatic rings. The van der Waals surface area contributed by atoms with Gasteiger partial charge in [-0.05, 0) is 30.1 Å². The zero-order chi connectivity index (χ0) is 15.5. The third kappa shape index (κ3) is 3.61. The second-order valence-electron chi connectivity index (χ2n) is 5.91. The van der Waals surface area contributed by atoms with E-state index < -0.39 is 17.5 Å². The largest absolute Gasteiger partial charge is 0.463 e. The van der Waals surface area contributed by atoms with Crippen LogP contribution in [0.4, 0.5) is 0 Å². The molecule has 0 bridgehead atoms. The van der Waals surface area contributed by atoms with E-state index in [2.05, 4.69) is 6.08 Å². The average Bonchev–Trinajstić information content (AvgIpc) is 2.45. The van der Waals surface area contributed by atoms with Crippen LogP contribution >= 0.6 is 0 Å². The molecule has 0 saturated heterocycles. The fourth-order valence-corrected chi connectivity index (χ4v) is 2.68. The first-order valence-corrected chi connectivity index (χ1v) is 7.26. The zero-order valence-electron chi connectivity index (χ0n) is 12.8. The molecule has 0 heterocycles. The van der Waals surface area contributed by atoms with E-state index in [1.165, 1.54) is 6.08 Å². The van der Waals surface area contributed by atoms with Gasteiger partial charge in [0.25, 0.3) is 0 Å². The van der Waals surface area contributed by atoms with Crippen molar-refractivity contribution in [1.29, 1.82) is 0 Å². The van der Waals surface area contributed by atoms with E-state index in [1.54, 1.807) is 6.92 Å². The first-order valence-electron chi connectivity index (χ1n) is 7.26. The van der Waals surface area contributed by atoms with Crippen molar-refractivity contribution in [3.63, 3.8) is 0 Å². The Hall–Kier alpha value is -1.87. The van der Waals surface area contributed by atoms with E-state index in [-0.39, 0.29) is 0 Å². The Morgan fingerprint density at radius 3 is 2.67 bits per heavy atom. The highest BCUT2D eigenvalue weighted by Crippen LogP contribution is 2.40. The zero-order valence-corrected chi connectivity index (χ0v) is 12.8. The quantitative estimate of drug-likeness (QED) is 0.684. The molecule has 1 N–H and O–H groups in total. The molecule has 1 unspecified atom stereocenters. The number of aliphatic hydroxyl groups is 1. The van der Waals surface area contributed by atoms with Crippen LogP contribution in [-0.2, 0) is 9.53 Å². The van der Waals surface area contributed by atoms with Gasteiger partial charge in [-0.2, -0.15) is 0 Å². The van der Waals surface area contributed by atoms with Gasteiger partial charge < -0.3 is 9.84 Å². The number of esters is 1. The fourth-order valence-electron chi connectivity index (χ4n) is 2.68. The number of hydrogen-bond acceptors (Lipinski definition) is 3. The molecule has 112 valence electrons. The van der Waals surface area contributed by atoms with E-state index in [0.29, 0.717) is 18.6 Å². The van der Waals surface area contributed by atoms with E-state index in [4.69, 9.17) is 4.74 Å². The molecule has 0 amide bonds. The number of hydrogen-bond donors (Lipinski definition) is 1. The third-order valence-corrected chi connectivity index (χ3v) is 3.73. The summed E-state index contributed by atoms with van der Waals surface area (Å²) < 4.78 is 4.96. The van der Waals surface area contributed by atoms with Gasteiger partial charge in [0.2, 0.25) is 0 Å². The van der Waals surface area contributed by atoms with E-state index in [0.717, 1.165) is 11.1 Å². The lowest BCUT2D eigenvalue weighted by atomic mass is 9.73. The molecule has 2 rings (SSSR count). The van der Waals surface area contributed by atoms with Gasteiger partial charge in [-0.3, -0.25) is 0 Å². The van der Waals surface area contributed by atoms with Crippen LogP contribution in [-0.4, -0.2) is 23.8 Å².